The van der Waals surface area contributed by atoms with Crippen LogP contribution in [-0.4, -0.2) is 19.0 Å². The lowest BCUT2D eigenvalue weighted by atomic mass is 11.3. The molecule has 0 aliphatic rings. The predicted molar refractivity (Wildman–Crippen MR) is 31.5 cm³/mol. The molecule has 1 N–H and O–H groups in total. The van der Waals surface area contributed by atoms with Crippen LogP contribution in [0.5, 0.6) is 0 Å². The highest BCUT2D eigenvalue weighted by molar-refractivity contribution is 7.54. The van der Waals surface area contributed by atoms with Gasteiger partial charge in [0, 0.05) is 5.96 Å². The molecule has 0 rings (SSSR count). The van der Waals surface area contributed by atoms with Crippen molar-refractivity contribution in [3.63, 3.8) is 0 Å². The van der Waals surface area contributed by atoms with Gasteiger partial charge in [-0.2, -0.15) is 0 Å². The van der Waals surface area contributed by atoms with Crippen LogP contribution >= 0.6 is 8.58 Å². The molecular weight excluding hydrogens is 95.0 g/mol. The third kappa shape index (κ3) is 3.77. The lowest BCUT2D eigenvalue weighted by molar-refractivity contribution is 1.53. The average molecular weight is 102 g/mol. The summed E-state index contributed by atoms with van der Waals surface area (Å²) in [6.07, 6.45) is 1.04. The summed E-state index contributed by atoms with van der Waals surface area (Å²) in [6, 6.07) is 0. The Labute approximate surface area is 39.0 Å². The highest BCUT2D eigenvalue weighted by Crippen LogP contribution is 1.90. The summed E-state index contributed by atoms with van der Waals surface area (Å²) in [7, 11) is 0.722. The Hall–Kier alpha value is -0.230. The molecule has 0 aliphatic heterocycles. The van der Waals surface area contributed by atoms with Crippen LogP contribution in [0, 0.1) is 5.41 Å². The zero-order chi connectivity index (χ0) is 4.83. The van der Waals surface area contributed by atoms with Crippen LogP contribution in [-0.2, 0) is 0 Å². The monoisotopic (exact) mass is 102 g/mol. The number of rotatable bonds is 2. The van der Waals surface area contributed by atoms with Crippen molar-refractivity contribution in [1.82, 2.24) is 0 Å². The predicted octanol–water partition coefficient (Wildman–Crippen LogP) is 0.930. The van der Waals surface area contributed by atoms with Crippen LogP contribution in [0.25, 0.3) is 0 Å². The van der Waals surface area contributed by atoms with E-state index in [2.05, 4.69) is 4.99 Å². The maximum Gasteiger partial charge on any atom is 0.106 e. The Morgan fingerprint density at radius 1 is 1.83 bits per heavy atom. The van der Waals surface area contributed by atoms with Crippen molar-refractivity contribution in [3.05, 3.63) is 0 Å². The van der Waals surface area contributed by atoms with E-state index in [0.717, 1.165) is 14.9 Å². The first-order valence-corrected chi connectivity index (χ1v) is 3.17. The second-order valence-electron chi connectivity index (χ2n) is 0.696. The molecule has 0 saturated carbocycles. The molecule has 0 amide bonds. The molecule has 0 aromatic carbocycles. The first-order valence-electron chi connectivity index (χ1n) is 1.59. The molecule has 0 aromatic rings. The Morgan fingerprint density at radius 2 is 2.50 bits per heavy atom. The molecule has 0 radical (unpaired) electrons. The van der Waals surface area contributed by atoms with Crippen molar-refractivity contribution in [3.8, 4) is 0 Å². The maximum absolute atomic E-state index is 6.39. The lowest BCUT2D eigenvalue weighted by Crippen LogP contribution is -1.56. The largest absolute Gasteiger partial charge is 0.290 e. The minimum absolute atomic E-state index is 0.722. The first-order chi connectivity index (χ1) is 2.91. The molecule has 0 fully saturated rings. The third-order valence-electron chi connectivity index (χ3n) is 0.278. The molecule has 1 unspecified atom stereocenters. The van der Waals surface area contributed by atoms with Gasteiger partial charge in [0.05, 0.1) is 0 Å². The summed E-state index contributed by atoms with van der Waals surface area (Å²) in [5, 5.41) is 6.39. The van der Waals surface area contributed by atoms with Gasteiger partial charge < -0.3 is 0 Å². The van der Waals surface area contributed by atoms with Gasteiger partial charge in [-0.15, -0.1) is 0 Å². The van der Waals surface area contributed by atoms with Crippen LogP contribution < -0.4 is 0 Å². The van der Waals surface area contributed by atoms with E-state index in [1.165, 1.54) is 0 Å². The number of nitrogens with one attached hydrogen (secondary N) is 1. The van der Waals surface area contributed by atoms with Gasteiger partial charge in [-0.3, -0.25) is 5.41 Å². The van der Waals surface area contributed by atoms with Gasteiger partial charge in [-0.25, -0.2) is 4.99 Å². The SMILES string of the molecule is CPC=NC=N. The van der Waals surface area contributed by atoms with Crippen LogP contribution in [0.3, 0.4) is 0 Å². The molecule has 0 bridgehead atoms. The molecule has 6 heavy (non-hydrogen) atoms. The summed E-state index contributed by atoms with van der Waals surface area (Å²) in [5.74, 6) is 1.72. The molecule has 0 aliphatic carbocycles. The normalized spacial score (nSPS) is 11.5. The van der Waals surface area contributed by atoms with Gasteiger partial charge in [-0.05, 0) is 6.66 Å². The van der Waals surface area contributed by atoms with E-state index in [-0.39, 0.29) is 0 Å². The van der Waals surface area contributed by atoms with Crippen molar-refractivity contribution >= 4 is 20.9 Å². The molecule has 0 aromatic heterocycles. The lowest BCUT2D eigenvalue weighted by Gasteiger charge is -1.68. The summed E-state index contributed by atoms with van der Waals surface area (Å²) < 4.78 is 0. The van der Waals surface area contributed by atoms with Crippen molar-refractivity contribution in [2.75, 3.05) is 6.66 Å². The van der Waals surface area contributed by atoms with Crippen LogP contribution in [0.2, 0.25) is 0 Å². The highest BCUT2D eigenvalue weighted by atomic mass is 31.1. The number of hydrogen-bond acceptors (Lipinski definition) is 1. The standard InChI is InChI=1S/C3H7N2P/c1-6-3-5-2-4/h2-4,6H,1H3. The number of hydrogen-bond donors (Lipinski definition) is 1. The second kappa shape index (κ2) is 4.77. The summed E-state index contributed by atoms with van der Waals surface area (Å²) in [5.41, 5.74) is 0. The summed E-state index contributed by atoms with van der Waals surface area (Å²) in [6.45, 7) is 2.01. The van der Waals surface area contributed by atoms with Gasteiger partial charge in [0.15, 0.2) is 0 Å². The van der Waals surface area contributed by atoms with Gasteiger partial charge in [0.2, 0.25) is 0 Å². The maximum atomic E-state index is 6.39. The summed E-state index contributed by atoms with van der Waals surface area (Å²) >= 11 is 0. The van der Waals surface area contributed by atoms with Crippen molar-refractivity contribution in [2.24, 2.45) is 4.99 Å². The highest BCUT2D eigenvalue weighted by Gasteiger charge is 1.55. The fraction of sp³-hybridized carbons (Fsp3) is 0.333. The van der Waals surface area contributed by atoms with E-state index < -0.39 is 0 Å². The van der Waals surface area contributed by atoms with Crippen LogP contribution in [0.15, 0.2) is 4.99 Å². The van der Waals surface area contributed by atoms with E-state index in [1.54, 1.807) is 5.96 Å². The fourth-order valence-electron chi connectivity index (χ4n) is 0.112. The third-order valence-corrected chi connectivity index (χ3v) is 0.685. The molecule has 2 nitrogen and oxygen atoms in total. The van der Waals surface area contributed by atoms with E-state index in [0.29, 0.717) is 0 Å². The Morgan fingerprint density at radius 3 is 2.67 bits per heavy atom. The van der Waals surface area contributed by atoms with Crippen molar-refractivity contribution in [2.45, 2.75) is 0 Å². The zero-order valence-corrected chi connectivity index (χ0v) is 4.60. The molecule has 3 heteroatoms. The molecule has 0 saturated heterocycles. The minimum Gasteiger partial charge on any atom is -0.290 e. The first kappa shape index (κ1) is 5.77. The Balaban J connectivity index is 2.94. The zero-order valence-electron chi connectivity index (χ0n) is 3.60. The minimum atomic E-state index is 0.722. The van der Waals surface area contributed by atoms with E-state index in [4.69, 9.17) is 5.41 Å². The van der Waals surface area contributed by atoms with Crippen molar-refractivity contribution < 1.29 is 0 Å². The number of nitrogens with zero attached hydrogens (tertiary/aromatic N) is 1. The Kier molecular flexibility index (Phi) is 4.59. The van der Waals surface area contributed by atoms with Crippen molar-refractivity contribution in [1.29, 1.82) is 5.41 Å². The summed E-state index contributed by atoms with van der Waals surface area (Å²) in [4.78, 5) is 3.52. The van der Waals surface area contributed by atoms with Gasteiger partial charge in [-0.1, -0.05) is 8.58 Å². The van der Waals surface area contributed by atoms with E-state index in [1.807, 2.05) is 6.66 Å². The van der Waals surface area contributed by atoms with Gasteiger partial charge in [0.25, 0.3) is 0 Å². The van der Waals surface area contributed by atoms with Crippen LogP contribution in [0.4, 0.5) is 0 Å². The Bertz CT molecular complexity index is 59.8. The number of aliphatic imine (C=N–C) groups is 1. The molecule has 0 spiro atoms. The molecule has 0 heterocycles. The topological polar surface area (TPSA) is 36.2 Å². The fourth-order valence-corrected chi connectivity index (χ4v) is 0.335. The van der Waals surface area contributed by atoms with Gasteiger partial charge in [0.1, 0.15) is 6.34 Å². The molecule has 34 valence electrons. The van der Waals surface area contributed by atoms with Gasteiger partial charge >= 0.3 is 0 Å². The smallest absolute Gasteiger partial charge is 0.106 e. The van der Waals surface area contributed by atoms with E-state index in [9.17, 15) is 0 Å². The molecular formula is C3H7N2P. The van der Waals surface area contributed by atoms with E-state index >= 15 is 0 Å². The van der Waals surface area contributed by atoms with Crippen LogP contribution in [0.1, 0.15) is 0 Å². The quantitative estimate of drug-likeness (QED) is 0.306. The molecule has 1 atom stereocenters. The average Bonchev–Trinajstić information content (AvgIpc) is 1.61. The second-order valence-corrected chi connectivity index (χ2v) is 1.53.